The number of fused-ring (bicyclic) bond motifs is 1. The topological polar surface area (TPSA) is 82.7 Å². The van der Waals surface area contributed by atoms with Crippen molar-refractivity contribution in [3.63, 3.8) is 0 Å². The van der Waals surface area contributed by atoms with E-state index in [4.69, 9.17) is 0 Å². The molecule has 0 spiro atoms. The number of hydrogen-bond acceptors (Lipinski definition) is 4. The number of aromatic nitrogens is 3. The maximum absolute atomic E-state index is 13.8. The van der Waals surface area contributed by atoms with Crippen LogP contribution < -0.4 is 10.6 Å². The van der Waals surface area contributed by atoms with Crippen molar-refractivity contribution in [3.8, 4) is 0 Å². The van der Waals surface area contributed by atoms with Crippen molar-refractivity contribution in [3.05, 3.63) is 83.9 Å². The molecule has 0 aliphatic carbocycles. The van der Waals surface area contributed by atoms with E-state index in [0.717, 1.165) is 28.6 Å². The maximum Gasteiger partial charge on any atom is 0.270 e. The van der Waals surface area contributed by atoms with Gasteiger partial charge in [-0.3, -0.25) is 4.79 Å². The molecule has 0 aliphatic heterocycles. The average Bonchev–Trinajstić information content (AvgIpc) is 3.13. The quantitative estimate of drug-likeness (QED) is 0.463. The van der Waals surface area contributed by atoms with E-state index in [9.17, 15) is 13.6 Å². The molecule has 4 rings (SSSR count). The van der Waals surface area contributed by atoms with Gasteiger partial charge in [-0.05, 0) is 30.2 Å². The Morgan fingerprint density at radius 1 is 1.07 bits per heavy atom. The molecule has 0 atom stereocenters. The van der Waals surface area contributed by atoms with Crippen molar-refractivity contribution in [2.45, 2.75) is 6.42 Å². The minimum absolute atomic E-state index is 0.0517. The van der Waals surface area contributed by atoms with Gasteiger partial charge < -0.3 is 15.6 Å². The second kappa shape index (κ2) is 8.05. The predicted molar refractivity (Wildman–Crippen MR) is 106 cm³/mol. The Morgan fingerprint density at radius 3 is 2.79 bits per heavy atom. The molecular formula is C21H17F2N5O. The van der Waals surface area contributed by atoms with E-state index in [1.807, 2.05) is 30.5 Å². The summed E-state index contributed by atoms with van der Waals surface area (Å²) in [6.45, 7) is 0.431. The number of benzene rings is 2. The molecular weight excluding hydrogens is 376 g/mol. The third-order valence-corrected chi connectivity index (χ3v) is 4.45. The highest BCUT2D eigenvalue weighted by Gasteiger charge is 2.11. The molecule has 2 aromatic heterocycles. The summed E-state index contributed by atoms with van der Waals surface area (Å²) >= 11 is 0. The number of rotatable bonds is 6. The Kier molecular flexibility index (Phi) is 5.15. The van der Waals surface area contributed by atoms with E-state index in [1.54, 1.807) is 0 Å². The van der Waals surface area contributed by atoms with E-state index in [1.165, 1.54) is 18.5 Å². The van der Waals surface area contributed by atoms with Crippen LogP contribution in [0, 0.1) is 11.6 Å². The van der Waals surface area contributed by atoms with Crippen LogP contribution in [0.15, 0.2) is 61.1 Å². The smallest absolute Gasteiger partial charge is 0.270 e. The number of anilines is 2. The van der Waals surface area contributed by atoms with Gasteiger partial charge in [-0.15, -0.1) is 0 Å². The minimum Gasteiger partial charge on any atom is -0.361 e. The Hall–Kier alpha value is -3.81. The molecule has 3 N–H and O–H groups in total. The van der Waals surface area contributed by atoms with Crippen molar-refractivity contribution >= 4 is 28.3 Å². The van der Waals surface area contributed by atoms with Crippen molar-refractivity contribution < 1.29 is 13.6 Å². The predicted octanol–water partition coefficient (Wildman–Crippen LogP) is 3.95. The first-order chi connectivity index (χ1) is 14.1. The third kappa shape index (κ3) is 4.21. The molecule has 0 fully saturated rings. The molecule has 0 saturated carbocycles. The number of para-hydroxylation sites is 1. The zero-order chi connectivity index (χ0) is 20.2. The average molecular weight is 393 g/mol. The molecule has 1 amide bonds. The van der Waals surface area contributed by atoms with Gasteiger partial charge in [-0.1, -0.05) is 18.2 Å². The van der Waals surface area contributed by atoms with Gasteiger partial charge in [0, 0.05) is 35.8 Å². The number of carbonyl (C=O) groups is 1. The molecule has 8 heteroatoms. The van der Waals surface area contributed by atoms with Gasteiger partial charge in [0.1, 0.15) is 29.5 Å². The standard InChI is InChI=1S/C21H17F2N5O/c22-14-5-6-18(16(23)9-14)28-20-10-19(26-12-27-20)21(29)24-8-7-13-11-25-17-4-2-1-3-15(13)17/h1-6,9-12,25H,7-8H2,(H,24,29)(H,26,27,28). The molecule has 0 unspecified atom stereocenters. The molecule has 146 valence electrons. The Morgan fingerprint density at radius 2 is 1.93 bits per heavy atom. The summed E-state index contributed by atoms with van der Waals surface area (Å²) in [5.74, 6) is -1.57. The van der Waals surface area contributed by atoms with E-state index in [-0.39, 0.29) is 23.1 Å². The number of nitrogens with zero attached hydrogens (tertiary/aromatic N) is 2. The van der Waals surface area contributed by atoms with Gasteiger partial charge in [0.05, 0.1) is 5.69 Å². The summed E-state index contributed by atoms with van der Waals surface area (Å²) in [5, 5.41) is 6.66. The summed E-state index contributed by atoms with van der Waals surface area (Å²) < 4.78 is 26.8. The summed E-state index contributed by atoms with van der Waals surface area (Å²) in [6, 6.07) is 12.5. The molecule has 2 heterocycles. The van der Waals surface area contributed by atoms with Crippen molar-refractivity contribution in [2.24, 2.45) is 0 Å². The molecule has 0 bridgehead atoms. The second-order valence-electron chi connectivity index (χ2n) is 6.40. The highest BCUT2D eigenvalue weighted by molar-refractivity contribution is 5.93. The lowest BCUT2D eigenvalue weighted by Gasteiger charge is -2.08. The molecule has 2 aromatic carbocycles. The first kappa shape index (κ1) is 18.5. The highest BCUT2D eigenvalue weighted by atomic mass is 19.1. The van der Waals surface area contributed by atoms with Gasteiger partial charge >= 0.3 is 0 Å². The van der Waals surface area contributed by atoms with Crippen LogP contribution in [0.4, 0.5) is 20.3 Å². The molecule has 0 aliphatic rings. The van der Waals surface area contributed by atoms with Crippen molar-refractivity contribution in [2.75, 3.05) is 11.9 Å². The Balaban J connectivity index is 1.39. The van der Waals surface area contributed by atoms with E-state index in [0.29, 0.717) is 13.0 Å². The summed E-state index contributed by atoms with van der Waals surface area (Å²) in [6.07, 6.45) is 3.80. The minimum atomic E-state index is -0.756. The van der Waals surface area contributed by atoms with Crippen LogP contribution in [0.2, 0.25) is 0 Å². The van der Waals surface area contributed by atoms with E-state index in [2.05, 4.69) is 25.6 Å². The van der Waals surface area contributed by atoms with Crippen molar-refractivity contribution in [1.29, 1.82) is 0 Å². The lowest BCUT2D eigenvalue weighted by Crippen LogP contribution is -2.26. The molecule has 29 heavy (non-hydrogen) atoms. The van der Waals surface area contributed by atoms with E-state index < -0.39 is 11.6 Å². The van der Waals surface area contributed by atoms with Crippen LogP contribution in [0.25, 0.3) is 10.9 Å². The zero-order valence-corrected chi connectivity index (χ0v) is 15.2. The fourth-order valence-electron chi connectivity index (χ4n) is 3.02. The lowest BCUT2D eigenvalue weighted by atomic mass is 10.1. The number of hydrogen-bond donors (Lipinski definition) is 3. The monoisotopic (exact) mass is 393 g/mol. The number of aromatic amines is 1. The lowest BCUT2D eigenvalue weighted by molar-refractivity contribution is 0.0949. The van der Waals surface area contributed by atoms with Gasteiger partial charge in [-0.25, -0.2) is 18.7 Å². The van der Waals surface area contributed by atoms with Gasteiger partial charge in [0.25, 0.3) is 5.91 Å². The van der Waals surface area contributed by atoms with Crippen LogP contribution in [-0.2, 0) is 6.42 Å². The van der Waals surface area contributed by atoms with Gasteiger partial charge in [0.15, 0.2) is 0 Å². The Labute approximate surface area is 165 Å². The van der Waals surface area contributed by atoms with Gasteiger partial charge in [0.2, 0.25) is 0 Å². The fraction of sp³-hybridized carbons (Fsp3) is 0.0952. The summed E-state index contributed by atoms with van der Waals surface area (Å²) in [4.78, 5) is 23.5. The normalized spacial score (nSPS) is 10.8. The number of amides is 1. The van der Waals surface area contributed by atoms with Crippen molar-refractivity contribution in [1.82, 2.24) is 20.3 Å². The van der Waals surface area contributed by atoms with E-state index >= 15 is 0 Å². The molecule has 0 saturated heterocycles. The van der Waals surface area contributed by atoms with Crippen LogP contribution in [0.1, 0.15) is 16.1 Å². The zero-order valence-electron chi connectivity index (χ0n) is 15.2. The first-order valence-corrected chi connectivity index (χ1v) is 8.97. The van der Waals surface area contributed by atoms with Crippen LogP contribution in [-0.4, -0.2) is 27.4 Å². The van der Waals surface area contributed by atoms with Crippen LogP contribution in [0.3, 0.4) is 0 Å². The van der Waals surface area contributed by atoms with Crippen LogP contribution in [0.5, 0.6) is 0 Å². The number of H-pyrrole nitrogens is 1. The SMILES string of the molecule is O=C(NCCc1c[nH]c2ccccc12)c1cc(Nc2ccc(F)cc2F)ncn1. The molecule has 4 aromatic rings. The van der Waals surface area contributed by atoms with Crippen LogP contribution >= 0.6 is 0 Å². The van der Waals surface area contributed by atoms with Gasteiger partial charge in [-0.2, -0.15) is 0 Å². The molecule has 6 nitrogen and oxygen atoms in total. The number of halogens is 2. The Bertz CT molecular complexity index is 1170. The largest absolute Gasteiger partial charge is 0.361 e. The summed E-state index contributed by atoms with van der Waals surface area (Å²) in [7, 11) is 0. The second-order valence-corrected chi connectivity index (χ2v) is 6.40. The fourth-order valence-corrected chi connectivity index (χ4v) is 3.02. The highest BCUT2D eigenvalue weighted by Crippen LogP contribution is 2.20. The third-order valence-electron chi connectivity index (χ3n) is 4.45. The molecule has 0 radical (unpaired) electrons. The number of carbonyl (C=O) groups excluding carboxylic acids is 1. The maximum atomic E-state index is 13.8. The first-order valence-electron chi connectivity index (χ1n) is 8.97. The summed E-state index contributed by atoms with van der Waals surface area (Å²) in [5.41, 5.74) is 2.35. The number of nitrogens with one attached hydrogen (secondary N) is 3.